The molecule has 0 atom stereocenters. The molecule has 0 unspecified atom stereocenters. The molecule has 3 heterocycles. The van der Waals surface area contributed by atoms with Crippen molar-refractivity contribution in [2.75, 3.05) is 16.8 Å². The minimum Gasteiger partial charge on any atom is -0.421 e. The van der Waals surface area contributed by atoms with Crippen LogP contribution in [0.25, 0.3) is 11.5 Å². The van der Waals surface area contributed by atoms with Crippen LogP contribution >= 0.6 is 0 Å². The Kier molecular flexibility index (Phi) is 5.11. The van der Waals surface area contributed by atoms with Gasteiger partial charge in [-0.1, -0.05) is 0 Å². The highest BCUT2D eigenvalue weighted by molar-refractivity contribution is 5.64. The van der Waals surface area contributed by atoms with Gasteiger partial charge in [-0.3, -0.25) is 0 Å². The number of hydrogen-bond donors (Lipinski definition) is 1. The molecule has 4 aromatic rings. The third kappa shape index (κ3) is 4.59. The molecule has 0 saturated heterocycles. The maximum atomic E-state index is 12.4. The minimum absolute atomic E-state index is 0.272. The van der Waals surface area contributed by atoms with Crippen molar-refractivity contribution in [1.82, 2.24) is 25.0 Å². The summed E-state index contributed by atoms with van der Waals surface area (Å²) in [5.74, 6) is 1.68. The van der Waals surface area contributed by atoms with Crippen LogP contribution in [0.2, 0.25) is 0 Å². The van der Waals surface area contributed by atoms with Crippen LogP contribution in [0.3, 0.4) is 0 Å². The van der Waals surface area contributed by atoms with E-state index >= 15 is 0 Å². The van der Waals surface area contributed by atoms with Crippen LogP contribution in [0.1, 0.15) is 12.3 Å². The average Bonchev–Trinajstić information content (AvgIpc) is 3.39. The van der Waals surface area contributed by atoms with E-state index in [2.05, 4.69) is 30.3 Å². The van der Waals surface area contributed by atoms with Gasteiger partial charge >= 0.3 is 6.36 Å². The summed E-state index contributed by atoms with van der Waals surface area (Å²) in [5.41, 5.74) is 2.27. The highest BCUT2D eigenvalue weighted by Gasteiger charge is 2.31. The monoisotopic (exact) mass is 457 g/mol. The second kappa shape index (κ2) is 8.11. The molecule has 1 aliphatic heterocycles. The lowest BCUT2D eigenvalue weighted by Gasteiger charge is -2.27. The number of anilines is 4. The van der Waals surface area contributed by atoms with Crippen LogP contribution in [0.5, 0.6) is 5.75 Å². The number of alkyl halides is 3. The smallest absolute Gasteiger partial charge is 0.421 e. The first kappa shape index (κ1) is 20.8. The number of benzene rings is 2. The molecule has 2 aromatic carbocycles. The normalized spacial score (nSPS) is 13.6. The van der Waals surface area contributed by atoms with Gasteiger partial charge in [0, 0.05) is 37.0 Å². The maximum absolute atomic E-state index is 12.4. The number of rotatable bonds is 5. The molecule has 5 rings (SSSR count). The van der Waals surface area contributed by atoms with Crippen LogP contribution < -0.4 is 15.0 Å². The molecule has 1 aliphatic rings. The van der Waals surface area contributed by atoms with Crippen molar-refractivity contribution in [2.24, 2.45) is 0 Å². The van der Waals surface area contributed by atoms with E-state index in [1.165, 1.54) is 12.1 Å². The fraction of sp³-hybridized carbons (Fsp3) is 0.238. The van der Waals surface area contributed by atoms with E-state index in [0.29, 0.717) is 42.5 Å². The zero-order valence-corrected chi connectivity index (χ0v) is 17.4. The van der Waals surface area contributed by atoms with Crippen LogP contribution in [0.15, 0.2) is 52.9 Å². The molecule has 12 heteroatoms. The minimum atomic E-state index is -4.73. The number of aryl methyl sites for hydroxylation is 2. The Labute approximate surface area is 185 Å². The van der Waals surface area contributed by atoms with E-state index in [1.54, 1.807) is 23.7 Å². The molecule has 2 aromatic heterocycles. The topological polar surface area (TPSA) is 94.1 Å². The van der Waals surface area contributed by atoms with Crippen molar-refractivity contribution < 1.29 is 22.3 Å². The van der Waals surface area contributed by atoms with Gasteiger partial charge in [-0.15, -0.1) is 28.5 Å². The number of nitrogens with one attached hydrogen (secondary N) is 1. The number of halogens is 3. The molecule has 1 N–H and O–H groups in total. The van der Waals surface area contributed by atoms with Gasteiger partial charge < -0.3 is 19.4 Å². The maximum Gasteiger partial charge on any atom is 0.573 e. The number of hydrogen-bond acceptors (Lipinski definition) is 8. The molecule has 9 nitrogen and oxygen atoms in total. The van der Waals surface area contributed by atoms with Crippen LogP contribution in [-0.2, 0) is 6.54 Å². The van der Waals surface area contributed by atoms with Gasteiger partial charge in [0.2, 0.25) is 23.7 Å². The van der Waals surface area contributed by atoms with Crippen LogP contribution in [0.4, 0.5) is 36.4 Å². The third-order valence-electron chi connectivity index (χ3n) is 4.94. The van der Waals surface area contributed by atoms with E-state index in [-0.39, 0.29) is 5.75 Å². The molecule has 0 spiro atoms. The van der Waals surface area contributed by atoms with Crippen molar-refractivity contribution in [3.8, 4) is 17.2 Å². The van der Waals surface area contributed by atoms with Crippen molar-refractivity contribution >= 4 is 23.3 Å². The van der Waals surface area contributed by atoms with Crippen LogP contribution in [0, 0.1) is 6.92 Å². The number of ether oxygens (including phenoxy) is 1. The Hall–Kier alpha value is -4.09. The van der Waals surface area contributed by atoms with Gasteiger partial charge in [-0.2, -0.15) is 4.98 Å². The Morgan fingerprint density at radius 2 is 1.76 bits per heavy atom. The molecule has 0 fully saturated rings. The first-order valence-electron chi connectivity index (χ1n) is 10.1. The Morgan fingerprint density at radius 1 is 1.00 bits per heavy atom. The molecule has 33 heavy (non-hydrogen) atoms. The van der Waals surface area contributed by atoms with E-state index in [1.807, 2.05) is 29.2 Å². The highest BCUT2D eigenvalue weighted by atomic mass is 19.4. The third-order valence-corrected chi connectivity index (χ3v) is 4.94. The van der Waals surface area contributed by atoms with Crippen molar-refractivity contribution in [2.45, 2.75) is 26.3 Å². The molecule has 0 amide bonds. The lowest BCUT2D eigenvalue weighted by Crippen LogP contribution is -2.28. The van der Waals surface area contributed by atoms with E-state index < -0.39 is 6.36 Å². The highest BCUT2D eigenvalue weighted by Crippen LogP contribution is 2.32. The molecule has 0 aliphatic carbocycles. The number of nitrogens with zero attached hydrogens (tertiary/aromatic N) is 6. The summed E-state index contributed by atoms with van der Waals surface area (Å²) >= 11 is 0. The summed E-state index contributed by atoms with van der Waals surface area (Å²) in [7, 11) is 0. The van der Waals surface area contributed by atoms with Crippen molar-refractivity contribution in [1.29, 1.82) is 0 Å². The predicted octanol–water partition coefficient (Wildman–Crippen LogP) is 4.82. The first-order chi connectivity index (χ1) is 15.8. The molecule has 0 saturated carbocycles. The van der Waals surface area contributed by atoms with E-state index in [0.717, 1.165) is 17.7 Å². The van der Waals surface area contributed by atoms with Gasteiger partial charge in [0.25, 0.3) is 0 Å². The molecule has 170 valence electrons. The largest absolute Gasteiger partial charge is 0.573 e. The average molecular weight is 457 g/mol. The predicted molar refractivity (Wildman–Crippen MR) is 113 cm³/mol. The van der Waals surface area contributed by atoms with E-state index in [4.69, 9.17) is 4.42 Å². The standard InChI is InChI=1S/C21H18F3N7O2/c1-13-27-28-18(32-13)14-3-5-15(6-4-14)25-19-26-20-30(11-2-12-31(20)29-19)16-7-9-17(10-8-16)33-21(22,23)24/h3-10H,2,11-12H2,1H3,(H,25,29). The molecule has 0 bridgehead atoms. The number of fused-ring (bicyclic) bond motifs is 1. The number of aromatic nitrogens is 5. The first-order valence-corrected chi connectivity index (χ1v) is 10.1. The SMILES string of the molecule is Cc1nnc(-c2ccc(Nc3nc4n(n3)CCCN4c3ccc(OC(F)(F)F)cc3)cc2)o1. The van der Waals surface area contributed by atoms with Gasteiger partial charge in [-0.25, -0.2) is 4.68 Å². The fourth-order valence-corrected chi connectivity index (χ4v) is 3.53. The summed E-state index contributed by atoms with van der Waals surface area (Å²) in [6.07, 6.45) is -3.91. The van der Waals surface area contributed by atoms with E-state index in [9.17, 15) is 13.2 Å². The molecular formula is C21H18F3N7O2. The summed E-state index contributed by atoms with van der Waals surface area (Å²) in [4.78, 5) is 6.49. The Morgan fingerprint density at radius 3 is 2.42 bits per heavy atom. The second-order valence-corrected chi connectivity index (χ2v) is 7.33. The fourth-order valence-electron chi connectivity index (χ4n) is 3.53. The van der Waals surface area contributed by atoms with Gasteiger partial charge in [0.05, 0.1) is 0 Å². The quantitative estimate of drug-likeness (QED) is 0.456. The van der Waals surface area contributed by atoms with Gasteiger partial charge in [0.15, 0.2) is 0 Å². The lowest BCUT2D eigenvalue weighted by atomic mass is 10.2. The summed E-state index contributed by atoms with van der Waals surface area (Å²) in [6, 6.07) is 13.1. The lowest BCUT2D eigenvalue weighted by molar-refractivity contribution is -0.274. The molecular weight excluding hydrogens is 439 g/mol. The second-order valence-electron chi connectivity index (χ2n) is 7.33. The molecule has 0 radical (unpaired) electrons. The summed E-state index contributed by atoms with van der Waals surface area (Å²) in [5, 5.41) is 15.5. The van der Waals surface area contributed by atoms with Gasteiger partial charge in [-0.05, 0) is 55.0 Å². The Bertz CT molecular complexity index is 1250. The zero-order chi connectivity index (χ0) is 23.0. The zero-order valence-electron chi connectivity index (χ0n) is 17.4. The van der Waals surface area contributed by atoms with Crippen molar-refractivity contribution in [3.63, 3.8) is 0 Å². The van der Waals surface area contributed by atoms with Crippen molar-refractivity contribution in [3.05, 3.63) is 54.4 Å². The Balaban J connectivity index is 1.32. The van der Waals surface area contributed by atoms with Gasteiger partial charge in [0.1, 0.15) is 5.75 Å². The summed E-state index contributed by atoms with van der Waals surface area (Å²) in [6.45, 7) is 3.08. The summed E-state index contributed by atoms with van der Waals surface area (Å²) < 4.78 is 48.4. The van der Waals surface area contributed by atoms with Crippen LogP contribution in [-0.4, -0.2) is 37.9 Å².